The average Bonchev–Trinajstić information content (AvgIpc) is 2.54. The lowest BCUT2D eigenvalue weighted by Crippen LogP contribution is -2.30. The van der Waals surface area contributed by atoms with E-state index in [9.17, 15) is 14.4 Å². The summed E-state index contributed by atoms with van der Waals surface area (Å²) < 4.78 is 5.17. The Morgan fingerprint density at radius 1 is 1.00 bits per heavy atom. The number of ether oxygens (including phenoxy) is 1. The topological polar surface area (TPSA) is 111 Å². The number of nitrogens with two attached hydrogens (primary N) is 1. The molecule has 0 aliphatic rings. The highest BCUT2D eigenvalue weighted by Crippen LogP contribution is 2.14. The van der Waals surface area contributed by atoms with E-state index in [2.05, 4.69) is 10.6 Å². The predicted molar refractivity (Wildman–Crippen MR) is 94.3 cm³/mol. The van der Waals surface area contributed by atoms with Crippen LogP contribution in [-0.2, 0) is 9.53 Å². The van der Waals surface area contributed by atoms with E-state index >= 15 is 0 Å². The van der Waals surface area contributed by atoms with Gasteiger partial charge in [-0.15, -0.1) is 0 Å². The minimum absolute atomic E-state index is 0.196. The third-order valence-corrected chi connectivity index (χ3v) is 3.30. The molecule has 0 unspecified atom stereocenters. The van der Waals surface area contributed by atoms with E-state index < -0.39 is 24.0 Å². The number of hydrogen-bond acceptors (Lipinski definition) is 4. The fourth-order valence-corrected chi connectivity index (χ4v) is 2.12. The molecular weight excluding hydrogens is 322 g/mol. The van der Waals surface area contributed by atoms with Crippen LogP contribution >= 0.6 is 0 Å². The third kappa shape index (κ3) is 5.35. The average molecular weight is 341 g/mol. The fourth-order valence-electron chi connectivity index (χ4n) is 2.12. The molecule has 0 heterocycles. The lowest BCUT2D eigenvalue weighted by Gasteiger charge is -2.14. The molecule has 2 aromatic carbocycles. The summed E-state index contributed by atoms with van der Waals surface area (Å²) in [4.78, 5) is 35.2. The summed E-state index contributed by atoms with van der Waals surface area (Å²) in [5.74, 6) is -1.12. The standard InChI is InChI=1S/C18H19N3O4/c1-11-5-3-7-14(9-11)20-16(22)12(2)25-17(23)13-6-4-8-15(10-13)21-18(19)24/h3-10,12H,1-2H3,(H,20,22)(H3,19,21,24)/t12-/m0/s1. The third-order valence-electron chi connectivity index (χ3n) is 3.30. The predicted octanol–water partition coefficient (Wildman–Crippen LogP) is 2.67. The SMILES string of the molecule is Cc1cccc(NC(=O)[C@H](C)OC(=O)c2cccc(NC(N)=O)c2)c1. The van der Waals surface area contributed by atoms with Gasteiger partial charge in [-0.3, -0.25) is 4.79 Å². The zero-order valence-corrected chi connectivity index (χ0v) is 13.9. The Labute approximate surface area is 145 Å². The molecular formula is C18H19N3O4. The molecule has 0 saturated heterocycles. The van der Waals surface area contributed by atoms with E-state index in [-0.39, 0.29) is 5.56 Å². The van der Waals surface area contributed by atoms with Crippen LogP contribution in [0.25, 0.3) is 0 Å². The number of aryl methyl sites for hydroxylation is 1. The van der Waals surface area contributed by atoms with Crippen LogP contribution in [0.3, 0.4) is 0 Å². The van der Waals surface area contributed by atoms with Crippen molar-refractivity contribution in [3.63, 3.8) is 0 Å². The van der Waals surface area contributed by atoms with Gasteiger partial charge in [0, 0.05) is 11.4 Å². The Kier molecular flexibility index (Phi) is 5.73. The van der Waals surface area contributed by atoms with Crippen LogP contribution in [0.15, 0.2) is 48.5 Å². The second-order valence-electron chi connectivity index (χ2n) is 5.48. The molecule has 0 saturated carbocycles. The Morgan fingerprint density at radius 2 is 1.64 bits per heavy atom. The first-order valence-corrected chi connectivity index (χ1v) is 7.60. The number of esters is 1. The first-order valence-electron chi connectivity index (χ1n) is 7.60. The molecule has 0 aliphatic carbocycles. The van der Waals surface area contributed by atoms with Crippen LogP contribution in [-0.4, -0.2) is 24.0 Å². The zero-order chi connectivity index (χ0) is 18.4. The molecule has 1 atom stereocenters. The van der Waals surface area contributed by atoms with Crippen molar-refractivity contribution in [2.24, 2.45) is 5.73 Å². The summed E-state index contributed by atoms with van der Waals surface area (Å²) in [7, 11) is 0. The number of benzene rings is 2. The number of primary amides is 1. The molecule has 130 valence electrons. The maximum absolute atomic E-state index is 12.2. The molecule has 0 spiro atoms. The molecule has 0 radical (unpaired) electrons. The van der Waals surface area contributed by atoms with Gasteiger partial charge in [-0.05, 0) is 49.7 Å². The normalized spacial score (nSPS) is 11.3. The van der Waals surface area contributed by atoms with Crippen LogP contribution in [0.1, 0.15) is 22.8 Å². The summed E-state index contributed by atoms with van der Waals surface area (Å²) in [6.45, 7) is 3.39. The quantitative estimate of drug-likeness (QED) is 0.726. The van der Waals surface area contributed by atoms with E-state index in [0.717, 1.165) is 5.56 Å². The molecule has 3 amide bonds. The van der Waals surface area contributed by atoms with Gasteiger partial charge in [0.1, 0.15) is 0 Å². The molecule has 0 aliphatic heterocycles. The van der Waals surface area contributed by atoms with Gasteiger partial charge in [0.15, 0.2) is 6.10 Å². The molecule has 4 N–H and O–H groups in total. The number of rotatable bonds is 5. The molecule has 7 nitrogen and oxygen atoms in total. The van der Waals surface area contributed by atoms with Crippen molar-refractivity contribution in [1.82, 2.24) is 0 Å². The largest absolute Gasteiger partial charge is 0.449 e. The van der Waals surface area contributed by atoms with Gasteiger partial charge in [-0.1, -0.05) is 18.2 Å². The Balaban J connectivity index is 1.99. The minimum Gasteiger partial charge on any atom is -0.449 e. The summed E-state index contributed by atoms with van der Waals surface area (Å²) in [6.07, 6.45) is -0.985. The number of carbonyl (C=O) groups is 3. The first-order chi connectivity index (χ1) is 11.8. The van der Waals surface area contributed by atoms with Crippen LogP contribution in [0.5, 0.6) is 0 Å². The summed E-state index contributed by atoms with van der Waals surface area (Å²) in [5.41, 5.74) is 7.22. The molecule has 0 fully saturated rings. The van der Waals surface area contributed by atoms with E-state index in [1.165, 1.54) is 19.1 Å². The van der Waals surface area contributed by atoms with Crippen LogP contribution in [0.2, 0.25) is 0 Å². The maximum Gasteiger partial charge on any atom is 0.338 e. The van der Waals surface area contributed by atoms with E-state index in [4.69, 9.17) is 10.5 Å². The number of anilines is 2. The van der Waals surface area contributed by atoms with E-state index in [1.54, 1.807) is 18.2 Å². The number of nitrogens with one attached hydrogen (secondary N) is 2. The van der Waals surface area contributed by atoms with Crippen molar-refractivity contribution in [3.8, 4) is 0 Å². The fraction of sp³-hybridized carbons (Fsp3) is 0.167. The minimum atomic E-state index is -0.985. The zero-order valence-electron chi connectivity index (χ0n) is 13.9. The highest BCUT2D eigenvalue weighted by Gasteiger charge is 2.19. The molecule has 7 heteroatoms. The van der Waals surface area contributed by atoms with Gasteiger partial charge in [0.05, 0.1) is 5.56 Å². The van der Waals surface area contributed by atoms with Gasteiger partial charge in [0.2, 0.25) is 0 Å². The van der Waals surface area contributed by atoms with Crippen molar-refractivity contribution >= 4 is 29.3 Å². The number of urea groups is 1. The smallest absolute Gasteiger partial charge is 0.338 e. The summed E-state index contributed by atoms with van der Waals surface area (Å²) in [5, 5.41) is 5.05. The van der Waals surface area contributed by atoms with Gasteiger partial charge in [-0.2, -0.15) is 0 Å². The second-order valence-corrected chi connectivity index (χ2v) is 5.48. The lowest BCUT2D eigenvalue weighted by molar-refractivity contribution is -0.123. The molecule has 25 heavy (non-hydrogen) atoms. The van der Waals surface area contributed by atoms with Crippen LogP contribution in [0, 0.1) is 6.92 Å². The van der Waals surface area contributed by atoms with Crippen molar-refractivity contribution < 1.29 is 19.1 Å². The molecule has 0 aromatic heterocycles. The number of hydrogen-bond donors (Lipinski definition) is 3. The summed E-state index contributed by atoms with van der Waals surface area (Å²) in [6, 6.07) is 12.6. The van der Waals surface area contributed by atoms with Gasteiger partial charge >= 0.3 is 12.0 Å². The first kappa shape index (κ1) is 18.0. The van der Waals surface area contributed by atoms with Crippen molar-refractivity contribution in [1.29, 1.82) is 0 Å². The molecule has 0 bridgehead atoms. The Hall–Kier alpha value is -3.35. The number of carbonyl (C=O) groups excluding carboxylic acids is 3. The van der Waals surface area contributed by atoms with E-state index in [0.29, 0.717) is 11.4 Å². The van der Waals surface area contributed by atoms with Crippen molar-refractivity contribution in [2.45, 2.75) is 20.0 Å². The second kappa shape index (κ2) is 7.96. The van der Waals surface area contributed by atoms with Gasteiger partial charge in [-0.25, -0.2) is 9.59 Å². The monoisotopic (exact) mass is 341 g/mol. The Morgan fingerprint density at radius 3 is 2.28 bits per heavy atom. The van der Waals surface area contributed by atoms with Crippen molar-refractivity contribution in [3.05, 3.63) is 59.7 Å². The van der Waals surface area contributed by atoms with Crippen LogP contribution in [0.4, 0.5) is 16.2 Å². The highest BCUT2D eigenvalue weighted by molar-refractivity contribution is 5.98. The number of amides is 3. The highest BCUT2D eigenvalue weighted by atomic mass is 16.5. The van der Waals surface area contributed by atoms with Gasteiger partial charge in [0.25, 0.3) is 5.91 Å². The Bertz CT molecular complexity index is 804. The maximum atomic E-state index is 12.2. The van der Waals surface area contributed by atoms with Gasteiger partial charge < -0.3 is 21.1 Å². The molecule has 2 rings (SSSR count). The van der Waals surface area contributed by atoms with E-state index in [1.807, 2.05) is 25.1 Å². The van der Waals surface area contributed by atoms with Crippen molar-refractivity contribution in [2.75, 3.05) is 10.6 Å². The summed E-state index contributed by atoms with van der Waals surface area (Å²) >= 11 is 0. The van der Waals surface area contributed by atoms with Crippen LogP contribution < -0.4 is 16.4 Å². The lowest BCUT2D eigenvalue weighted by atomic mass is 10.2. The molecule has 2 aromatic rings.